The fraction of sp³-hybridized carbons (Fsp3) is 0.118. The summed E-state index contributed by atoms with van der Waals surface area (Å²) in [6.45, 7) is 0. The van der Waals surface area contributed by atoms with E-state index >= 15 is 0 Å². The third-order valence-corrected chi connectivity index (χ3v) is 4.22. The van der Waals surface area contributed by atoms with E-state index in [1.54, 1.807) is 25.7 Å². The lowest BCUT2D eigenvalue weighted by Crippen LogP contribution is -1.93. The van der Waals surface area contributed by atoms with Crippen molar-refractivity contribution in [2.45, 2.75) is 0 Å². The van der Waals surface area contributed by atoms with E-state index in [0.717, 1.165) is 11.6 Å². The number of rotatable bonds is 4. The molecule has 0 saturated carbocycles. The van der Waals surface area contributed by atoms with Gasteiger partial charge in [-0.3, -0.25) is 0 Å². The third-order valence-electron chi connectivity index (χ3n) is 3.34. The molecule has 3 rings (SSSR count). The van der Waals surface area contributed by atoms with Crippen LogP contribution in [0.3, 0.4) is 0 Å². The summed E-state index contributed by atoms with van der Waals surface area (Å²) in [5.41, 5.74) is 1.47. The SMILES string of the molecule is COc1cccc(-c2nc(-c3ccc(F)cc3F)cs2)c1OC. The van der Waals surface area contributed by atoms with Gasteiger partial charge < -0.3 is 9.47 Å². The Bertz CT molecular complexity index is 848. The van der Waals surface area contributed by atoms with Crippen LogP contribution in [0.1, 0.15) is 0 Å². The quantitative estimate of drug-likeness (QED) is 0.689. The van der Waals surface area contributed by atoms with Crippen LogP contribution in [0.5, 0.6) is 11.5 Å². The van der Waals surface area contributed by atoms with Crippen LogP contribution in [-0.2, 0) is 0 Å². The zero-order valence-corrected chi connectivity index (χ0v) is 13.3. The molecule has 0 aliphatic heterocycles. The van der Waals surface area contributed by atoms with Crippen molar-refractivity contribution >= 4 is 11.3 Å². The van der Waals surface area contributed by atoms with Gasteiger partial charge in [-0.1, -0.05) is 6.07 Å². The summed E-state index contributed by atoms with van der Waals surface area (Å²) < 4.78 is 37.6. The molecule has 23 heavy (non-hydrogen) atoms. The largest absolute Gasteiger partial charge is 0.493 e. The van der Waals surface area contributed by atoms with E-state index in [1.807, 2.05) is 12.1 Å². The zero-order valence-electron chi connectivity index (χ0n) is 12.5. The molecule has 3 aromatic rings. The maximum Gasteiger partial charge on any atom is 0.170 e. The fourth-order valence-electron chi connectivity index (χ4n) is 2.27. The van der Waals surface area contributed by atoms with Crippen molar-refractivity contribution < 1.29 is 18.3 Å². The van der Waals surface area contributed by atoms with Gasteiger partial charge in [0.1, 0.15) is 16.6 Å². The van der Waals surface area contributed by atoms with E-state index in [1.165, 1.54) is 23.5 Å². The van der Waals surface area contributed by atoms with Gasteiger partial charge in [-0.05, 0) is 24.3 Å². The first-order chi connectivity index (χ1) is 11.1. The minimum absolute atomic E-state index is 0.260. The van der Waals surface area contributed by atoms with Gasteiger partial charge in [0.05, 0.1) is 25.5 Å². The summed E-state index contributed by atoms with van der Waals surface area (Å²) in [5, 5.41) is 2.39. The first-order valence-corrected chi connectivity index (χ1v) is 7.64. The van der Waals surface area contributed by atoms with Gasteiger partial charge in [-0.25, -0.2) is 13.8 Å². The van der Waals surface area contributed by atoms with Crippen molar-refractivity contribution in [3.05, 3.63) is 53.4 Å². The molecule has 1 heterocycles. The maximum atomic E-state index is 13.9. The summed E-state index contributed by atoms with van der Waals surface area (Å²) in [7, 11) is 3.11. The van der Waals surface area contributed by atoms with Crippen molar-refractivity contribution in [2.24, 2.45) is 0 Å². The molecule has 118 valence electrons. The predicted molar refractivity (Wildman–Crippen MR) is 86.0 cm³/mol. The molecule has 0 atom stereocenters. The van der Waals surface area contributed by atoms with E-state index in [-0.39, 0.29) is 5.56 Å². The van der Waals surface area contributed by atoms with E-state index in [9.17, 15) is 8.78 Å². The monoisotopic (exact) mass is 333 g/mol. The zero-order chi connectivity index (χ0) is 16.4. The van der Waals surface area contributed by atoms with Crippen molar-refractivity contribution in [3.63, 3.8) is 0 Å². The Morgan fingerprint density at radius 3 is 2.52 bits per heavy atom. The Labute approximate surface area is 136 Å². The molecular weight excluding hydrogens is 320 g/mol. The van der Waals surface area contributed by atoms with Crippen LogP contribution in [0, 0.1) is 11.6 Å². The molecule has 0 N–H and O–H groups in total. The van der Waals surface area contributed by atoms with Crippen LogP contribution in [-0.4, -0.2) is 19.2 Å². The standard InChI is InChI=1S/C17H13F2NO2S/c1-21-15-5-3-4-12(16(15)22-2)17-20-14(9-23-17)11-7-6-10(18)8-13(11)19/h3-9H,1-2H3. The van der Waals surface area contributed by atoms with E-state index in [0.29, 0.717) is 22.2 Å². The molecule has 0 unspecified atom stereocenters. The number of hydrogen-bond donors (Lipinski definition) is 0. The molecule has 0 amide bonds. The van der Waals surface area contributed by atoms with Gasteiger partial charge in [0, 0.05) is 17.0 Å². The average molecular weight is 333 g/mol. The van der Waals surface area contributed by atoms with Crippen molar-refractivity contribution in [1.29, 1.82) is 0 Å². The lowest BCUT2D eigenvalue weighted by Gasteiger charge is -2.10. The lowest BCUT2D eigenvalue weighted by molar-refractivity contribution is 0.356. The highest BCUT2D eigenvalue weighted by atomic mass is 32.1. The Balaban J connectivity index is 2.06. The number of aromatic nitrogens is 1. The molecule has 6 heteroatoms. The van der Waals surface area contributed by atoms with E-state index in [4.69, 9.17) is 9.47 Å². The number of hydrogen-bond acceptors (Lipinski definition) is 4. The summed E-state index contributed by atoms with van der Waals surface area (Å²) in [6.07, 6.45) is 0. The Morgan fingerprint density at radius 1 is 1.00 bits per heavy atom. The first-order valence-electron chi connectivity index (χ1n) is 6.76. The summed E-state index contributed by atoms with van der Waals surface area (Å²) in [4.78, 5) is 4.45. The molecular formula is C17H13F2NO2S. The fourth-order valence-corrected chi connectivity index (χ4v) is 3.12. The lowest BCUT2D eigenvalue weighted by atomic mass is 10.1. The van der Waals surface area contributed by atoms with Crippen LogP contribution >= 0.6 is 11.3 Å². The van der Waals surface area contributed by atoms with Gasteiger partial charge in [0.2, 0.25) is 0 Å². The summed E-state index contributed by atoms with van der Waals surface area (Å²) in [6, 6.07) is 8.91. The molecule has 2 aromatic carbocycles. The van der Waals surface area contributed by atoms with Gasteiger partial charge in [-0.15, -0.1) is 11.3 Å². The number of halogens is 2. The highest BCUT2D eigenvalue weighted by molar-refractivity contribution is 7.13. The molecule has 0 aliphatic carbocycles. The predicted octanol–water partition coefficient (Wildman–Crippen LogP) is 4.77. The van der Waals surface area contributed by atoms with Crippen LogP contribution in [0.25, 0.3) is 21.8 Å². The van der Waals surface area contributed by atoms with Crippen LogP contribution in [0.15, 0.2) is 41.8 Å². The first kappa shape index (κ1) is 15.4. The Morgan fingerprint density at radius 2 is 1.83 bits per heavy atom. The number of para-hydroxylation sites is 1. The number of methoxy groups -OCH3 is 2. The number of thiazole rings is 1. The topological polar surface area (TPSA) is 31.4 Å². The smallest absolute Gasteiger partial charge is 0.170 e. The number of ether oxygens (including phenoxy) is 2. The molecule has 0 fully saturated rings. The Hall–Kier alpha value is -2.47. The van der Waals surface area contributed by atoms with Gasteiger partial charge >= 0.3 is 0 Å². The molecule has 0 radical (unpaired) electrons. The second-order valence-corrected chi connectivity index (χ2v) is 5.56. The molecule has 0 spiro atoms. The van der Waals surface area contributed by atoms with Gasteiger partial charge in [-0.2, -0.15) is 0 Å². The molecule has 0 saturated heterocycles. The van der Waals surface area contributed by atoms with Crippen molar-refractivity contribution in [3.8, 4) is 33.3 Å². The second kappa shape index (κ2) is 6.34. The van der Waals surface area contributed by atoms with E-state index in [2.05, 4.69) is 4.98 Å². The van der Waals surface area contributed by atoms with Crippen molar-refractivity contribution in [1.82, 2.24) is 4.98 Å². The normalized spacial score (nSPS) is 10.6. The van der Waals surface area contributed by atoms with Crippen LogP contribution in [0.4, 0.5) is 8.78 Å². The Kier molecular flexibility index (Phi) is 4.25. The van der Waals surface area contributed by atoms with Crippen LogP contribution in [0.2, 0.25) is 0 Å². The molecule has 0 bridgehead atoms. The highest BCUT2D eigenvalue weighted by Gasteiger charge is 2.16. The third kappa shape index (κ3) is 2.90. The number of nitrogens with zero attached hydrogens (tertiary/aromatic N) is 1. The van der Waals surface area contributed by atoms with Gasteiger partial charge in [0.15, 0.2) is 11.5 Å². The molecule has 1 aromatic heterocycles. The van der Waals surface area contributed by atoms with E-state index < -0.39 is 11.6 Å². The average Bonchev–Trinajstić information content (AvgIpc) is 3.03. The summed E-state index contributed by atoms with van der Waals surface area (Å²) in [5.74, 6) is -0.0965. The number of benzene rings is 2. The minimum Gasteiger partial charge on any atom is -0.493 e. The van der Waals surface area contributed by atoms with Crippen molar-refractivity contribution in [2.75, 3.05) is 14.2 Å². The summed E-state index contributed by atoms with van der Waals surface area (Å²) >= 11 is 1.35. The van der Waals surface area contributed by atoms with Crippen LogP contribution < -0.4 is 9.47 Å². The minimum atomic E-state index is -0.639. The van der Waals surface area contributed by atoms with Gasteiger partial charge in [0.25, 0.3) is 0 Å². The maximum absolute atomic E-state index is 13.9. The highest BCUT2D eigenvalue weighted by Crippen LogP contribution is 2.40. The molecule has 0 aliphatic rings. The molecule has 3 nitrogen and oxygen atoms in total. The second-order valence-electron chi connectivity index (χ2n) is 4.70.